The Labute approximate surface area is 113 Å². The predicted molar refractivity (Wildman–Crippen MR) is 82.5 cm³/mol. The third-order valence-corrected chi connectivity index (χ3v) is 5.04. The number of hydrogen-bond donors (Lipinski definition) is 0. The van der Waals surface area contributed by atoms with Gasteiger partial charge in [0, 0.05) is 0 Å². The maximum absolute atomic E-state index is 4.12. The van der Waals surface area contributed by atoms with Crippen LogP contribution in [0.5, 0.6) is 0 Å². The molecule has 0 heterocycles. The minimum atomic E-state index is 0.531. The van der Waals surface area contributed by atoms with Crippen LogP contribution in [0.1, 0.15) is 60.1 Å². The van der Waals surface area contributed by atoms with Crippen molar-refractivity contribution in [3.8, 4) is 0 Å². The first-order valence-corrected chi connectivity index (χ1v) is 6.92. The average Bonchev–Trinajstić information content (AvgIpc) is 2.32. The highest BCUT2D eigenvalue weighted by Crippen LogP contribution is 2.36. The first kappa shape index (κ1) is 15.0. The highest BCUT2D eigenvalue weighted by atomic mass is 14.3. The molecule has 18 heavy (non-hydrogen) atoms. The highest BCUT2D eigenvalue weighted by Gasteiger charge is 2.21. The van der Waals surface area contributed by atoms with Crippen molar-refractivity contribution in [2.24, 2.45) is 5.92 Å². The fourth-order valence-electron chi connectivity index (χ4n) is 2.89. The van der Waals surface area contributed by atoms with Crippen molar-refractivity contribution in [3.63, 3.8) is 0 Å². The molecule has 0 N–H and O–H groups in total. The molecular formula is C18H28. The first-order valence-electron chi connectivity index (χ1n) is 6.92. The number of rotatable bonds is 3. The Balaban J connectivity index is 3.46. The van der Waals surface area contributed by atoms with Crippen LogP contribution in [-0.4, -0.2) is 0 Å². The number of benzene rings is 1. The van der Waals surface area contributed by atoms with Crippen LogP contribution in [0, 0.1) is 40.5 Å². The van der Waals surface area contributed by atoms with E-state index in [4.69, 9.17) is 0 Å². The lowest BCUT2D eigenvalue weighted by molar-refractivity contribution is 0.556. The summed E-state index contributed by atoms with van der Waals surface area (Å²) in [6.45, 7) is 22.2. The highest BCUT2D eigenvalue weighted by molar-refractivity contribution is 5.51. The van der Waals surface area contributed by atoms with Crippen LogP contribution in [-0.2, 0) is 0 Å². The van der Waals surface area contributed by atoms with E-state index in [1.165, 1.54) is 39.0 Å². The molecule has 100 valence electrons. The smallest absolute Gasteiger partial charge is 0.0122 e. The molecular weight excluding hydrogens is 216 g/mol. The number of hydrogen-bond acceptors (Lipinski definition) is 0. The molecule has 1 aromatic carbocycles. The quantitative estimate of drug-likeness (QED) is 0.612. The van der Waals surface area contributed by atoms with Gasteiger partial charge in [-0.25, -0.2) is 0 Å². The molecule has 0 saturated heterocycles. The third kappa shape index (κ3) is 2.39. The Morgan fingerprint density at radius 3 is 1.44 bits per heavy atom. The summed E-state index contributed by atoms with van der Waals surface area (Å²) in [6.07, 6.45) is 0. The van der Waals surface area contributed by atoms with Gasteiger partial charge in [-0.1, -0.05) is 26.0 Å². The monoisotopic (exact) mass is 244 g/mol. The first-order chi connectivity index (χ1) is 8.20. The summed E-state index contributed by atoms with van der Waals surface area (Å²) in [4.78, 5) is 0. The van der Waals surface area contributed by atoms with Crippen LogP contribution < -0.4 is 0 Å². The van der Waals surface area contributed by atoms with E-state index in [9.17, 15) is 0 Å². The second kappa shape index (κ2) is 5.30. The van der Waals surface area contributed by atoms with E-state index >= 15 is 0 Å². The molecule has 0 amide bonds. The lowest BCUT2D eigenvalue weighted by Crippen LogP contribution is -2.13. The largest absolute Gasteiger partial charge is 0.0998 e. The molecule has 0 fully saturated rings. The molecule has 0 aliphatic heterocycles. The van der Waals surface area contributed by atoms with Crippen LogP contribution in [0.2, 0.25) is 0 Å². The van der Waals surface area contributed by atoms with E-state index in [0.717, 1.165) is 0 Å². The average molecular weight is 244 g/mol. The molecule has 0 heteroatoms. The SMILES string of the molecule is C=C(C)C(C)C(C)c1c(C)c(C)c(C)c(C)c1C. The fraction of sp³-hybridized carbons (Fsp3) is 0.556. The second-order valence-corrected chi connectivity index (χ2v) is 5.96. The molecule has 0 aliphatic carbocycles. The zero-order chi connectivity index (χ0) is 14.2. The molecule has 1 rings (SSSR count). The molecule has 0 bridgehead atoms. The normalized spacial score (nSPS) is 14.4. The Hall–Kier alpha value is -1.04. The maximum Gasteiger partial charge on any atom is -0.0122 e. The second-order valence-electron chi connectivity index (χ2n) is 5.96. The molecule has 1 aromatic rings. The van der Waals surface area contributed by atoms with Gasteiger partial charge in [0.1, 0.15) is 0 Å². The zero-order valence-corrected chi connectivity index (χ0v) is 13.4. The van der Waals surface area contributed by atoms with Gasteiger partial charge in [-0.05, 0) is 86.8 Å². The Morgan fingerprint density at radius 2 is 1.11 bits per heavy atom. The number of allylic oxidation sites excluding steroid dienone is 1. The maximum atomic E-state index is 4.12. The van der Waals surface area contributed by atoms with Crippen molar-refractivity contribution in [1.29, 1.82) is 0 Å². The molecule has 0 radical (unpaired) electrons. The predicted octanol–water partition coefficient (Wildman–Crippen LogP) is 5.54. The molecule has 2 atom stereocenters. The summed E-state index contributed by atoms with van der Waals surface area (Å²) in [5.41, 5.74) is 10.1. The van der Waals surface area contributed by atoms with Crippen molar-refractivity contribution in [2.75, 3.05) is 0 Å². The fourth-order valence-corrected chi connectivity index (χ4v) is 2.89. The van der Waals surface area contributed by atoms with E-state index in [1.54, 1.807) is 0 Å². The summed E-state index contributed by atoms with van der Waals surface area (Å²) >= 11 is 0. The summed E-state index contributed by atoms with van der Waals surface area (Å²) in [6, 6.07) is 0. The van der Waals surface area contributed by atoms with Gasteiger partial charge in [0.15, 0.2) is 0 Å². The van der Waals surface area contributed by atoms with Crippen LogP contribution in [0.25, 0.3) is 0 Å². The van der Waals surface area contributed by atoms with Crippen molar-refractivity contribution in [3.05, 3.63) is 45.5 Å². The molecule has 0 aromatic heterocycles. The van der Waals surface area contributed by atoms with Gasteiger partial charge < -0.3 is 0 Å². The Morgan fingerprint density at radius 1 is 0.778 bits per heavy atom. The summed E-state index contributed by atoms with van der Waals surface area (Å²) < 4.78 is 0. The van der Waals surface area contributed by atoms with Crippen molar-refractivity contribution in [2.45, 2.75) is 61.3 Å². The molecule has 2 unspecified atom stereocenters. The van der Waals surface area contributed by atoms with Crippen molar-refractivity contribution in [1.82, 2.24) is 0 Å². The zero-order valence-electron chi connectivity index (χ0n) is 13.4. The van der Waals surface area contributed by atoms with E-state index < -0.39 is 0 Å². The Kier molecular flexibility index (Phi) is 4.42. The minimum absolute atomic E-state index is 0.531. The van der Waals surface area contributed by atoms with Gasteiger partial charge in [0.25, 0.3) is 0 Å². The van der Waals surface area contributed by atoms with Crippen LogP contribution in [0.3, 0.4) is 0 Å². The van der Waals surface area contributed by atoms with E-state index in [2.05, 4.69) is 62.0 Å². The molecule has 0 spiro atoms. The minimum Gasteiger partial charge on any atom is -0.0998 e. The Bertz CT molecular complexity index is 448. The van der Waals surface area contributed by atoms with Crippen LogP contribution in [0.4, 0.5) is 0 Å². The molecule has 0 nitrogen and oxygen atoms in total. The molecule has 0 aliphatic rings. The van der Waals surface area contributed by atoms with Gasteiger partial charge in [0.2, 0.25) is 0 Å². The molecule has 0 saturated carbocycles. The topological polar surface area (TPSA) is 0 Å². The van der Waals surface area contributed by atoms with E-state index in [-0.39, 0.29) is 0 Å². The van der Waals surface area contributed by atoms with Gasteiger partial charge in [-0.3, -0.25) is 0 Å². The van der Waals surface area contributed by atoms with Gasteiger partial charge in [-0.2, -0.15) is 0 Å². The standard InChI is InChI=1S/C18H28/c1-10(2)11(3)15(7)18-16(8)13(5)12(4)14(6)17(18)9/h11,15H,1H2,2-9H3. The lowest BCUT2D eigenvalue weighted by atomic mass is 9.77. The van der Waals surface area contributed by atoms with Crippen LogP contribution in [0.15, 0.2) is 12.2 Å². The van der Waals surface area contributed by atoms with Gasteiger partial charge in [0.05, 0.1) is 0 Å². The third-order valence-electron chi connectivity index (χ3n) is 5.04. The van der Waals surface area contributed by atoms with Crippen molar-refractivity contribution >= 4 is 0 Å². The summed E-state index contributed by atoms with van der Waals surface area (Å²) in [7, 11) is 0. The summed E-state index contributed by atoms with van der Waals surface area (Å²) in [5.74, 6) is 1.07. The van der Waals surface area contributed by atoms with Gasteiger partial charge >= 0.3 is 0 Å². The van der Waals surface area contributed by atoms with Gasteiger partial charge in [-0.15, -0.1) is 0 Å². The van der Waals surface area contributed by atoms with E-state index in [1.807, 2.05) is 0 Å². The van der Waals surface area contributed by atoms with E-state index in [0.29, 0.717) is 11.8 Å². The summed E-state index contributed by atoms with van der Waals surface area (Å²) in [5, 5.41) is 0. The van der Waals surface area contributed by atoms with Crippen molar-refractivity contribution < 1.29 is 0 Å². The lowest BCUT2D eigenvalue weighted by Gasteiger charge is -2.27. The van der Waals surface area contributed by atoms with Crippen LogP contribution >= 0.6 is 0 Å².